The summed E-state index contributed by atoms with van der Waals surface area (Å²) in [5, 5.41) is 3.06. The lowest BCUT2D eigenvalue weighted by Gasteiger charge is -2.44. The van der Waals surface area contributed by atoms with E-state index >= 15 is 0 Å². The zero-order chi connectivity index (χ0) is 17.2. The van der Waals surface area contributed by atoms with Gasteiger partial charge in [-0.3, -0.25) is 4.90 Å². The summed E-state index contributed by atoms with van der Waals surface area (Å²) in [4.78, 5) is 17.2. The number of benzene rings is 2. The van der Waals surface area contributed by atoms with Gasteiger partial charge in [0.1, 0.15) is 0 Å². The molecule has 130 valence electrons. The van der Waals surface area contributed by atoms with E-state index < -0.39 is 0 Å². The number of amides is 2. The van der Waals surface area contributed by atoms with Crippen molar-refractivity contribution in [2.45, 2.75) is 38.4 Å². The van der Waals surface area contributed by atoms with Gasteiger partial charge in [-0.25, -0.2) is 4.79 Å². The number of rotatable bonds is 3. The molecule has 1 atom stereocenters. The van der Waals surface area contributed by atoms with Crippen LogP contribution in [-0.2, 0) is 6.54 Å². The number of carbonyl (C=O) groups is 1. The van der Waals surface area contributed by atoms with Crippen LogP contribution in [0, 0.1) is 0 Å². The van der Waals surface area contributed by atoms with Crippen LogP contribution in [0.2, 0.25) is 0 Å². The number of para-hydroxylation sites is 1. The van der Waals surface area contributed by atoms with E-state index in [9.17, 15) is 4.79 Å². The number of hydrogen-bond acceptors (Lipinski definition) is 2. The normalized spacial score (nSPS) is 21.7. The van der Waals surface area contributed by atoms with Crippen LogP contribution in [0.15, 0.2) is 54.6 Å². The minimum atomic E-state index is 0.0488. The number of hydrogen-bond donors (Lipinski definition) is 1. The Morgan fingerprint density at radius 1 is 1.00 bits per heavy atom. The Morgan fingerprint density at radius 3 is 2.44 bits per heavy atom. The minimum Gasteiger partial charge on any atom is -0.315 e. The smallest absolute Gasteiger partial charge is 0.315 e. The lowest BCUT2D eigenvalue weighted by atomic mass is 9.96. The molecular formula is C21H25N3O. The third kappa shape index (κ3) is 3.27. The van der Waals surface area contributed by atoms with Crippen LogP contribution in [0.5, 0.6) is 0 Å². The van der Waals surface area contributed by atoms with Crippen LogP contribution in [0.4, 0.5) is 10.5 Å². The third-order valence-electron chi connectivity index (χ3n) is 5.50. The van der Waals surface area contributed by atoms with Crippen LogP contribution in [0.25, 0.3) is 0 Å². The van der Waals surface area contributed by atoms with E-state index in [4.69, 9.17) is 0 Å². The molecule has 1 fully saturated rings. The number of fused-ring (bicyclic) bond motifs is 1. The summed E-state index contributed by atoms with van der Waals surface area (Å²) in [6.07, 6.45) is 2.07. The highest BCUT2D eigenvalue weighted by Crippen LogP contribution is 2.35. The molecule has 4 rings (SSSR count). The van der Waals surface area contributed by atoms with Crippen molar-refractivity contribution in [1.29, 1.82) is 0 Å². The van der Waals surface area contributed by atoms with Crippen LogP contribution < -0.4 is 5.32 Å². The molecule has 2 aromatic rings. The van der Waals surface area contributed by atoms with E-state index in [1.165, 1.54) is 11.1 Å². The first kappa shape index (κ1) is 16.2. The quantitative estimate of drug-likeness (QED) is 0.910. The summed E-state index contributed by atoms with van der Waals surface area (Å²) in [6, 6.07) is 19.3. The highest BCUT2D eigenvalue weighted by atomic mass is 16.2. The second-order valence-corrected chi connectivity index (χ2v) is 7.09. The fraction of sp³-hybridized carbons (Fsp3) is 0.381. The Balaban J connectivity index is 1.41. The Labute approximate surface area is 149 Å². The molecule has 1 unspecified atom stereocenters. The topological polar surface area (TPSA) is 35.6 Å². The molecule has 0 spiro atoms. The number of anilines is 1. The molecule has 2 aliphatic heterocycles. The van der Waals surface area contributed by atoms with Gasteiger partial charge in [0.2, 0.25) is 0 Å². The van der Waals surface area contributed by atoms with Gasteiger partial charge in [0, 0.05) is 31.4 Å². The van der Waals surface area contributed by atoms with Gasteiger partial charge in [0.15, 0.2) is 0 Å². The van der Waals surface area contributed by atoms with Crippen LogP contribution >= 0.6 is 0 Å². The lowest BCUT2D eigenvalue weighted by molar-refractivity contribution is 0.101. The maximum Gasteiger partial charge on any atom is 0.322 e. The molecule has 1 N–H and O–H groups in total. The van der Waals surface area contributed by atoms with Crippen molar-refractivity contribution in [3.05, 3.63) is 65.7 Å². The molecule has 0 saturated carbocycles. The first-order valence-electron chi connectivity index (χ1n) is 9.17. The number of piperidine rings is 1. The molecule has 0 aliphatic carbocycles. The van der Waals surface area contributed by atoms with Gasteiger partial charge in [-0.2, -0.15) is 0 Å². The van der Waals surface area contributed by atoms with Crippen molar-refractivity contribution < 1.29 is 4.79 Å². The monoisotopic (exact) mass is 335 g/mol. The number of nitrogens with one attached hydrogen (secondary N) is 1. The fourth-order valence-corrected chi connectivity index (χ4v) is 4.16. The molecule has 1 saturated heterocycles. The van der Waals surface area contributed by atoms with Gasteiger partial charge in [-0.15, -0.1) is 0 Å². The standard InChI is InChI=1S/C21H25N3O/c1-16-19-9-5-6-10-20(19)22-21(25)24(16)18-11-13-23(14-12-18)15-17-7-3-2-4-8-17/h2-10,16,18H,11-15H2,1H3,(H,22,25). The maximum absolute atomic E-state index is 12.6. The van der Waals surface area contributed by atoms with E-state index in [-0.39, 0.29) is 12.1 Å². The third-order valence-corrected chi connectivity index (χ3v) is 5.50. The second-order valence-electron chi connectivity index (χ2n) is 7.09. The largest absolute Gasteiger partial charge is 0.322 e. The van der Waals surface area contributed by atoms with E-state index in [2.05, 4.69) is 58.4 Å². The zero-order valence-corrected chi connectivity index (χ0v) is 14.7. The van der Waals surface area contributed by atoms with Crippen molar-refractivity contribution >= 4 is 11.7 Å². The van der Waals surface area contributed by atoms with Crippen LogP contribution in [0.3, 0.4) is 0 Å². The van der Waals surface area contributed by atoms with Crippen molar-refractivity contribution in [1.82, 2.24) is 9.80 Å². The molecule has 0 bridgehead atoms. The summed E-state index contributed by atoms with van der Waals surface area (Å²) in [7, 11) is 0. The average molecular weight is 335 g/mol. The van der Waals surface area contributed by atoms with Crippen molar-refractivity contribution in [3.63, 3.8) is 0 Å². The average Bonchev–Trinajstić information content (AvgIpc) is 2.64. The van der Waals surface area contributed by atoms with Gasteiger partial charge >= 0.3 is 6.03 Å². The Bertz CT molecular complexity index is 738. The molecule has 2 aliphatic rings. The Hall–Kier alpha value is -2.33. The molecule has 2 amide bonds. The first-order valence-corrected chi connectivity index (χ1v) is 9.17. The molecular weight excluding hydrogens is 310 g/mol. The van der Waals surface area contributed by atoms with Crippen molar-refractivity contribution in [3.8, 4) is 0 Å². The molecule has 25 heavy (non-hydrogen) atoms. The second kappa shape index (κ2) is 6.89. The maximum atomic E-state index is 12.6. The molecule has 4 heteroatoms. The summed E-state index contributed by atoms with van der Waals surface area (Å²) >= 11 is 0. The lowest BCUT2D eigenvalue weighted by Crippen LogP contribution is -2.51. The molecule has 2 aromatic carbocycles. The van der Waals surface area contributed by atoms with E-state index in [1.807, 2.05) is 18.2 Å². The van der Waals surface area contributed by atoms with Crippen molar-refractivity contribution in [2.75, 3.05) is 18.4 Å². The van der Waals surface area contributed by atoms with Crippen molar-refractivity contribution in [2.24, 2.45) is 0 Å². The number of carbonyl (C=O) groups excluding carboxylic acids is 1. The van der Waals surface area contributed by atoms with Gasteiger partial charge < -0.3 is 10.2 Å². The van der Waals surface area contributed by atoms with Crippen LogP contribution in [-0.4, -0.2) is 35.0 Å². The Morgan fingerprint density at radius 2 is 1.68 bits per heavy atom. The summed E-state index contributed by atoms with van der Waals surface area (Å²) in [5.41, 5.74) is 3.53. The minimum absolute atomic E-state index is 0.0488. The highest BCUT2D eigenvalue weighted by Gasteiger charge is 2.35. The first-order chi connectivity index (χ1) is 12.2. The molecule has 2 heterocycles. The van der Waals surface area contributed by atoms with Gasteiger partial charge in [-0.05, 0) is 37.0 Å². The SMILES string of the molecule is CC1c2ccccc2NC(=O)N1C1CCN(Cc2ccccc2)CC1. The fourth-order valence-electron chi connectivity index (χ4n) is 4.16. The summed E-state index contributed by atoms with van der Waals surface area (Å²) in [5.74, 6) is 0. The predicted octanol–water partition coefficient (Wildman–Crippen LogP) is 4.26. The van der Waals surface area contributed by atoms with E-state index in [0.717, 1.165) is 38.2 Å². The van der Waals surface area contributed by atoms with E-state index in [1.54, 1.807) is 0 Å². The van der Waals surface area contributed by atoms with Gasteiger partial charge in [0.25, 0.3) is 0 Å². The Kier molecular flexibility index (Phi) is 4.45. The highest BCUT2D eigenvalue weighted by molar-refractivity contribution is 5.93. The molecule has 0 aromatic heterocycles. The summed E-state index contributed by atoms with van der Waals surface area (Å²) in [6.45, 7) is 5.22. The van der Waals surface area contributed by atoms with Gasteiger partial charge in [0.05, 0.1) is 6.04 Å². The zero-order valence-electron chi connectivity index (χ0n) is 14.7. The number of likely N-dealkylation sites (tertiary alicyclic amines) is 1. The van der Waals surface area contributed by atoms with Gasteiger partial charge in [-0.1, -0.05) is 48.5 Å². The molecule has 4 nitrogen and oxygen atoms in total. The number of nitrogens with zero attached hydrogens (tertiary/aromatic N) is 2. The summed E-state index contributed by atoms with van der Waals surface area (Å²) < 4.78 is 0. The predicted molar refractivity (Wildman–Crippen MR) is 100 cm³/mol. The van der Waals surface area contributed by atoms with Crippen LogP contribution in [0.1, 0.15) is 36.9 Å². The van der Waals surface area contributed by atoms with E-state index in [0.29, 0.717) is 6.04 Å². The number of urea groups is 1. The molecule has 0 radical (unpaired) electrons.